The average Bonchev–Trinajstić information content (AvgIpc) is 3.25. The fourth-order valence-electron chi connectivity index (χ4n) is 2.20. The number of Topliss-reactive ketones (excluding diaryl/α,β-unsaturated/α-hetero) is 1. The molecule has 3 rings (SSSR count). The van der Waals surface area contributed by atoms with Crippen LogP contribution in [0, 0.1) is 6.92 Å². The Bertz CT molecular complexity index is 909. The van der Waals surface area contributed by atoms with Gasteiger partial charge in [-0.25, -0.2) is 4.79 Å². The average molecular weight is 339 g/mol. The summed E-state index contributed by atoms with van der Waals surface area (Å²) in [6, 6.07) is 9.10. The van der Waals surface area contributed by atoms with Gasteiger partial charge in [-0.3, -0.25) is 4.79 Å². The van der Waals surface area contributed by atoms with E-state index in [1.165, 1.54) is 19.2 Å². The predicted octanol–water partition coefficient (Wildman–Crippen LogP) is 3.49. The lowest BCUT2D eigenvalue weighted by Crippen LogP contribution is -2.10. The lowest BCUT2D eigenvalue weighted by atomic mass is 10.1. The minimum Gasteiger partial charge on any atom is -0.448 e. The van der Waals surface area contributed by atoms with E-state index in [-0.39, 0.29) is 17.4 Å². The van der Waals surface area contributed by atoms with Gasteiger partial charge in [0.05, 0.1) is 0 Å². The van der Waals surface area contributed by atoms with E-state index in [2.05, 4.69) is 15.2 Å². The van der Waals surface area contributed by atoms with Crippen molar-refractivity contribution < 1.29 is 18.7 Å². The molecule has 0 fully saturated rings. The number of benzene rings is 1. The number of rotatable bonds is 5. The first-order valence-electron chi connectivity index (χ1n) is 7.75. The zero-order chi connectivity index (χ0) is 18.0. The zero-order valence-electron chi connectivity index (χ0n) is 14.1. The molecular weight excluding hydrogens is 322 g/mol. The number of nitrogens with zero attached hydrogens (tertiary/aromatic N) is 2. The van der Waals surface area contributed by atoms with Crippen LogP contribution in [0.4, 0.5) is 0 Å². The highest BCUT2D eigenvalue weighted by molar-refractivity contribution is 5.97. The van der Waals surface area contributed by atoms with Gasteiger partial charge in [-0.2, -0.15) is 0 Å². The Labute approximate surface area is 144 Å². The minimum absolute atomic E-state index is 0.136. The van der Waals surface area contributed by atoms with Crippen LogP contribution in [-0.4, -0.2) is 26.9 Å². The summed E-state index contributed by atoms with van der Waals surface area (Å²) in [4.78, 5) is 26.1. The standard InChI is InChI=1S/C18H17N3O4/c1-10-4-6-13(7-5-10)17-21-20-16(25-17)12(3)24-18(23)15-8-14(9-19-15)11(2)22/h4-9,12,19H,1-3H3/t12-/m0/s1. The Kier molecular flexibility index (Phi) is 4.47. The second-order valence-electron chi connectivity index (χ2n) is 5.72. The number of aromatic nitrogens is 3. The smallest absolute Gasteiger partial charge is 0.355 e. The van der Waals surface area contributed by atoms with Crippen molar-refractivity contribution in [1.82, 2.24) is 15.2 Å². The third-order valence-electron chi connectivity index (χ3n) is 3.68. The monoisotopic (exact) mass is 339 g/mol. The molecule has 0 unspecified atom stereocenters. The molecule has 0 saturated heterocycles. The SMILES string of the molecule is CC(=O)c1c[nH]c(C(=O)O[C@@H](C)c2nnc(-c3ccc(C)cc3)o2)c1. The molecular formula is C18H17N3O4. The molecule has 3 aromatic rings. The number of nitrogens with one attached hydrogen (secondary N) is 1. The molecule has 1 aromatic carbocycles. The second kappa shape index (κ2) is 6.72. The van der Waals surface area contributed by atoms with Crippen LogP contribution < -0.4 is 0 Å². The van der Waals surface area contributed by atoms with E-state index in [1.54, 1.807) is 6.92 Å². The summed E-state index contributed by atoms with van der Waals surface area (Å²) in [5.74, 6) is -0.183. The Morgan fingerprint density at radius 2 is 1.92 bits per heavy atom. The topological polar surface area (TPSA) is 98.1 Å². The largest absolute Gasteiger partial charge is 0.448 e. The molecule has 0 spiro atoms. The number of hydrogen-bond acceptors (Lipinski definition) is 6. The Morgan fingerprint density at radius 3 is 2.56 bits per heavy atom. The molecule has 0 aliphatic carbocycles. The van der Waals surface area contributed by atoms with Crippen LogP contribution in [0.1, 0.15) is 52.3 Å². The number of hydrogen-bond donors (Lipinski definition) is 1. The van der Waals surface area contributed by atoms with Gasteiger partial charge in [0.15, 0.2) is 11.9 Å². The van der Waals surface area contributed by atoms with E-state index in [4.69, 9.17) is 9.15 Å². The van der Waals surface area contributed by atoms with Crippen LogP contribution in [0.3, 0.4) is 0 Å². The number of aryl methyl sites for hydroxylation is 1. The normalized spacial score (nSPS) is 12.0. The van der Waals surface area contributed by atoms with Crippen molar-refractivity contribution in [1.29, 1.82) is 0 Å². The highest BCUT2D eigenvalue weighted by Crippen LogP contribution is 2.23. The summed E-state index contributed by atoms with van der Waals surface area (Å²) in [6.45, 7) is 5.05. The van der Waals surface area contributed by atoms with Crippen LogP contribution in [0.2, 0.25) is 0 Å². The summed E-state index contributed by atoms with van der Waals surface area (Å²) < 4.78 is 10.9. The molecule has 0 amide bonds. The fourth-order valence-corrected chi connectivity index (χ4v) is 2.20. The van der Waals surface area contributed by atoms with E-state index in [1.807, 2.05) is 31.2 Å². The summed E-state index contributed by atoms with van der Waals surface area (Å²) in [5, 5.41) is 7.92. The lowest BCUT2D eigenvalue weighted by Gasteiger charge is -2.08. The second-order valence-corrected chi connectivity index (χ2v) is 5.72. The molecule has 0 bridgehead atoms. The molecule has 0 radical (unpaired) electrons. The third-order valence-corrected chi connectivity index (χ3v) is 3.68. The van der Waals surface area contributed by atoms with Gasteiger partial charge in [-0.1, -0.05) is 17.7 Å². The molecule has 0 saturated carbocycles. The maximum Gasteiger partial charge on any atom is 0.355 e. The van der Waals surface area contributed by atoms with E-state index in [0.29, 0.717) is 11.5 Å². The van der Waals surface area contributed by atoms with E-state index in [9.17, 15) is 9.59 Å². The Balaban J connectivity index is 1.70. The van der Waals surface area contributed by atoms with E-state index < -0.39 is 12.1 Å². The predicted molar refractivity (Wildman–Crippen MR) is 89.1 cm³/mol. The number of ether oxygens (including phenoxy) is 1. The summed E-state index contributed by atoms with van der Waals surface area (Å²) in [5.41, 5.74) is 2.52. The van der Waals surface area contributed by atoms with Crippen molar-refractivity contribution in [3.8, 4) is 11.5 Å². The number of carbonyl (C=O) groups is 2. The van der Waals surface area contributed by atoms with Crippen molar-refractivity contribution in [2.45, 2.75) is 26.9 Å². The number of H-pyrrole nitrogens is 1. The molecule has 0 aliphatic heterocycles. The molecule has 128 valence electrons. The summed E-state index contributed by atoms with van der Waals surface area (Å²) in [6.07, 6.45) is 0.745. The van der Waals surface area contributed by atoms with Gasteiger partial charge in [0.2, 0.25) is 5.89 Å². The van der Waals surface area contributed by atoms with Crippen molar-refractivity contribution in [3.05, 3.63) is 59.2 Å². The van der Waals surface area contributed by atoms with Crippen LogP contribution in [-0.2, 0) is 4.74 Å². The molecule has 0 aliphatic rings. The summed E-state index contributed by atoms with van der Waals surface area (Å²) >= 11 is 0. The van der Waals surface area contributed by atoms with Gasteiger partial charge in [-0.15, -0.1) is 10.2 Å². The first-order valence-corrected chi connectivity index (χ1v) is 7.75. The maximum absolute atomic E-state index is 12.1. The van der Waals surface area contributed by atoms with E-state index in [0.717, 1.165) is 11.1 Å². The number of aromatic amines is 1. The van der Waals surface area contributed by atoms with Gasteiger partial charge < -0.3 is 14.1 Å². The quantitative estimate of drug-likeness (QED) is 0.564. The van der Waals surface area contributed by atoms with Gasteiger partial charge in [0.1, 0.15) is 5.69 Å². The molecule has 25 heavy (non-hydrogen) atoms. The molecule has 7 heteroatoms. The molecule has 2 aromatic heterocycles. The third kappa shape index (κ3) is 3.65. The van der Waals surface area contributed by atoms with Crippen molar-refractivity contribution in [2.24, 2.45) is 0 Å². The lowest BCUT2D eigenvalue weighted by molar-refractivity contribution is 0.0273. The molecule has 1 atom stereocenters. The van der Waals surface area contributed by atoms with Gasteiger partial charge >= 0.3 is 5.97 Å². The van der Waals surface area contributed by atoms with Crippen LogP contribution >= 0.6 is 0 Å². The Morgan fingerprint density at radius 1 is 1.20 bits per heavy atom. The van der Waals surface area contributed by atoms with Gasteiger partial charge in [0.25, 0.3) is 5.89 Å². The van der Waals surface area contributed by atoms with Crippen molar-refractivity contribution >= 4 is 11.8 Å². The first-order chi connectivity index (χ1) is 11.9. The van der Waals surface area contributed by atoms with Crippen LogP contribution in [0.15, 0.2) is 40.9 Å². The maximum atomic E-state index is 12.1. The molecule has 2 heterocycles. The zero-order valence-corrected chi connectivity index (χ0v) is 14.1. The molecule has 7 nitrogen and oxygen atoms in total. The van der Waals surface area contributed by atoms with Crippen LogP contribution in [0.5, 0.6) is 0 Å². The van der Waals surface area contributed by atoms with Crippen molar-refractivity contribution in [2.75, 3.05) is 0 Å². The van der Waals surface area contributed by atoms with Gasteiger partial charge in [0, 0.05) is 17.3 Å². The highest BCUT2D eigenvalue weighted by atomic mass is 16.6. The Hall–Kier alpha value is -3.22. The number of ketones is 1. The summed E-state index contributed by atoms with van der Waals surface area (Å²) in [7, 11) is 0. The number of esters is 1. The minimum atomic E-state index is -0.719. The van der Waals surface area contributed by atoms with E-state index >= 15 is 0 Å². The van der Waals surface area contributed by atoms with Gasteiger partial charge in [-0.05, 0) is 39.0 Å². The fraction of sp³-hybridized carbons (Fsp3) is 0.222. The highest BCUT2D eigenvalue weighted by Gasteiger charge is 2.21. The van der Waals surface area contributed by atoms with Crippen LogP contribution in [0.25, 0.3) is 11.5 Å². The molecule has 1 N–H and O–H groups in total. The first kappa shape index (κ1) is 16.6. The van der Waals surface area contributed by atoms with Crippen molar-refractivity contribution in [3.63, 3.8) is 0 Å². The number of carbonyl (C=O) groups excluding carboxylic acids is 2.